The number of rotatable bonds is 2. The van der Waals surface area contributed by atoms with Gasteiger partial charge in [0.1, 0.15) is 0 Å². The van der Waals surface area contributed by atoms with Gasteiger partial charge in [-0.25, -0.2) is 4.98 Å². The van der Waals surface area contributed by atoms with Crippen LogP contribution >= 0.6 is 11.3 Å². The predicted molar refractivity (Wildman–Crippen MR) is 79.1 cm³/mol. The van der Waals surface area contributed by atoms with Crippen LogP contribution in [0.1, 0.15) is 62.3 Å². The molecule has 19 heavy (non-hydrogen) atoms. The Kier molecular flexibility index (Phi) is 2.35. The summed E-state index contributed by atoms with van der Waals surface area (Å²) in [6, 6.07) is 0. The maximum atomic E-state index is 5.78. The van der Waals surface area contributed by atoms with Crippen molar-refractivity contribution in [3.8, 4) is 0 Å². The first-order valence-electron chi connectivity index (χ1n) is 7.60. The molecule has 104 valence electrons. The fourth-order valence-corrected chi connectivity index (χ4v) is 7.32. The van der Waals surface area contributed by atoms with Gasteiger partial charge in [0.15, 0.2) is 0 Å². The Bertz CT molecular complexity index is 503. The van der Waals surface area contributed by atoms with Gasteiger partial charge in [-0.05, 0) is 55.3 Å². The van der Waals surface area contributed by atoms with Crippen LogP contribution in [0.25, 0.3) is 0 Å². The van der Waals surface area contributed by atoms with E-state index in [1.807, 2.05) is 17.5 Å². The molecule has 2 unspecified atom stereocenters. The monoisotopic (exact) mass is 276 g/mol. The molecule has 0 radical (unpaired) electrons. The predicted octanol–water partition coefficient (Wildman–Crippen LogP) is 3.85. The number of aromatic nitrogens is 1. The van der Waals surface area contributed by atoms with E-state index < -0.39 is 0 Å². The molecule has 0 aromatic carbocycles. The zero-order valence-corrected chi connectivity index (χ0v) is 12.9. The van der Waals surface area contributed by atoms with E-state index in [9.17, 15) is 0 Å². The summed E-state index contributed by atoms with van der Waals surface area (Å²) in [5, 5.41) is 1.40. The molecule has 4 aliphatic carbocycles. The van der Waals surface area contributed by atoms with E-state index in [1.54, 1.807) is 0 Å². The van der Waals surface area contributed by atoms with Gasteiger partial charge in [-0.15, -0.1) is 11.3 Å². The lowest BCUT2D eigenvalue weighted by atomic mass is 9.40. The van der Waals surface area contributed by atoms with E-state index in [2.05, 4.69) is 13.8 Å². The molecule has 0 aliphatic heterocycles. The summed E-state index contributed by atoms with van der Waals surface area (Å²) < 4.78 is 0. The number of hydrogen-bond donors (Lipinski definition) is 1. The second-order valence-corrected chi connectivity index (χ2v) is 9.36. The van der Waals surface area contributed by atoms with Gasteiger partial charge in [-0.3, -0.25) is 0 Å². The second-order valence-electron chi connectivity index (χ2n) is 8.25. The fraction of sp³-hybridized carbons (Fsp3) is 0.812. The average molecular weight is 276 g/mol. The molecular weight excluding hydrogens is 252 g/mol. The molecule has 1 aromatic rings. The minimum Gasteiger partial charge on any atom is -0.326 e. The van der Waals surface area contributed by atoms with E-state index in [0.29, 0.717) is 22.8 Å². The first-order chi connectivity index (χ1) is 8.94. The van der Waals surface area contributed by atoms with Crippen LogP contribution in [0, 0.1) is 16.7 Å². The minimum absolute atomic E-state index is 0.390. The number of nitrogens with two attached hydrogens (primary N) is 1. The fourth-order valence-electron chi connectivity index (χ4n) is 6.33. The highest BCUT2D eigenvalue weighted by molar-refractivity contribution is 7.11. The van der Waals surface area contributed by atoms with Gasteiger partial charge in [0, 0.05) is 23.0 Å². The topological polar surface area (TPSA) is 38.9 Å². The van der Waals surface area contributed by atoms with E-state index in [-0.39, 0.29) is 0 Å². The Morgan fingerprint density at radius 3 is 2.42 bits per heavy atom. The van der Waals surface area contributed by atoms with Crippen molar-refractivity contribution in [3.05, 3.63) is 16.1 Å². The molecule has 2 N–H and O–H groups in total. The molecule has 4 bridgehead atoms. The second kappa shape index (κ2) is 3.62. The molecule has 4 saturated carbocycles. The molecule has 0 spiro atoms. The van der Waals surface area contributed by atoms with Crippen LogP contribution in [-0.2, 0) is 12.0 Å². The Morgan fingerprint density at radius 1 is 1.21 bits per heavy atom. The summed E-state index contributed by atoms with van der Waals surface area (Å²) >= 11 is 1.88. The van der Waals surface area contributed by atoms with Gasteiger partial charge in [0.05, 0.1) is 5.01 Å². The van der Waals surface area contributed by atoms with Crippen LogP contribution in [0.4, 0.5) is 0 Å². The van der Waals surface area contributed by atoms with E-state index in [1.165, 1.54) is 48.4 Å². The molecule has 1 heterocycles. The van der Waals surface area contributed by atoms with Crippen molar-refractivity contribution in [2.24, 2.45) is 22.5 Å². The van der Waals surface area contributed by atoms with Crippen molar-refractivity contribution in [2.75, 3.05) is 0 Å². The maximum Gasteiger partial charge on any atom is 0.0990 e. The summed E-state index contributed by atoms with van der Waals surface area (Å²) in [5.74, 6) is 0.941. The quantitative estimate of drug-likeness (QED) is 0.891. The van der Waals surface area contributed by atoms with Crippen molar-refractivity contribution >= 4 is 11.3 Å². The molecule has 0 saturated heterocycles. The van der Waals surface area contributed by atoms with E-state index in [4.69, 9.17) is 10.7 Å². The molecule has 4 aliphatic rings. The van der Waals surface area contributed by atoms with Gasteiger partial charge >= 0.3 is 0 Å². The SMILES string of the molecule is CC12CC3CC(C)(C1)CC(c1ncc(CN)s1)(C3)C2. The Labute approximate surface area is 119 Å². The summed E-state index contributed by atoms with van der Waals surface area (Å²) in [6.07, 6.45) is 10.5. The van der Waals surface area contributed by atoms with Crippen LogP contribution < -0.4 is 5.73 Å². The van der Waals surface area contributed by atoms with Crippen molar-refractivity contribution in [2.45, 2.75) is 64.3 Å². The summed E-state index contributed by atoms with van der Waals surface area (Å²) in [7, 11) is 0. The van der Waals surface area contributed by atoms with Crippen molar-refractivity contribution < 1.29 is 0 Å². The average Bonchev–Trinajstić information content (AvgIpc) is 2.72. The minimum atomic E-state index is 0.390. The number of thiazole rings is 1. The van der Waals surface area contributed by atoms with Gasteiger partial charge in [-0.1, -0.05) is 13.8 Å². The summed E-state index contributed by atoms with van der Waals surface area (Å²) in [6.45, 7) is 5.70. The van der Waals surface area contributed by atoms with Crippen LogP contribution in [0.2, 0.25) is 0 Å². The molecule has 2 atom stereocenters. The Hall–Kier alpha value is -0.410. The molecule has 5 rings (SSSR count). The van der Waals surface area contributed by atoms with Crippen LogP contribution in [-0.4, -0.2) is 4.98 Å². The molecule has 3 heteroatoms. The largest absolute Gasteiger partial charge is 0.326 e. The van der Waals surface area contributed by atoms with Gasteiger partial charge in [-0.2, -0.15) is 0 Å². The summed E-state index contributed by atoms with van der Waals surface area (Å²) in [4.78, 5) is 6.03. The van der Waals surface area contributed by atoms with Gasteiger partial charge in [0.25, 0.3) is 0 Å². The lowest BCUT2D eigenvalue weighted by molar-refractivity contribution is -0.110. The molecule has 2 nitrogen and oxygen atoms in total. The third kappa shape index (κ3) is 1.74. The zero-order chi connectivity index (χ0) is 13.3. The standard InChI is InChI=1S/C16H24N2S/c1-14-3-11-4-15(2,8-14)10-16(5-11,9-14)13-18-7-12(6-17)19-13/h7,11H,3-6,8-10,17H2,1-2H3. The Morgan fingerprint density at radius 2 is 1.89 bits per heavy atom. The third-order valence-electron chi connectivity index (χ3n) is 5.83. The maximum absolute atomic E-state index is 5.78. The van der Waals surface area contributed by atoms with Crippen LogP contribution in [0.3, 0.4) is 0 Å². The first-order valence-corrected chi connectivity index (χ1v) is 8.41. The van der Waals surface area contributed by atoms with Crippen molar-refractivity contribution in [1.82, 2.24) is 4.98 Å². The lowest BCUT2D eigenvalue weighted by Gasteiger charge is -2.64. The molecule has 4 fully saturated rings. The number of nitrogens with zero attached hydrogens (tertiary/aromatic N) is 1. The molecule has 1 aromatic heterocycles. The van der Waals surface area contributed by atoms with E-state index in [0.717, 1.165) is 5.92 Å². The highest BCUT2D eigenvalue weighted by Crippen LogP contribution is 2.70. The summed E-state index contributed by atoms with van der Waals surface area (Å²) in [5.41, 5.74) is 7.31. The highest BCUT2D eigenvalue weighted by Gasteiger charge is 2.61. The van der Waals surface area contributed by atoms with Crippen LogP contribution in [0.5, 0.6) is 0 Å². The molecule has 0 amide bonds. The van der Waals surface area contributed by atoms with Gasteiger partial charge < -0.3 is 5.73 Å². The first kappa shape index (κ1) is 12.3. The molecular formula is C16H24N2S. The highest BCUT2D eigenvalue weighted by atomic mass is 32.1. The zero-order valence-electron chi connectivity index (χ0n) is 12.0. The van der Waals surface area contributed by atoms with Crippen LogP contribution in [0.15, 0.2) is 6.20 Å². The normalized spacial score (nSPS) is 47.8. The van der Waals surface area contributed by atoms with Crippen molar-refractivity contribution in [1.29, 1.82) is 0 Å². The van der Waals surface area contributed by atoms with E-state index >= 15 is 0 Å². The Balaban J connectivity index is 1.78. The smallest absolute Gasteiger partial charge is 0.0990 e. The lowest BCUT2D eigenvalue weighted by Crippen LogP contribution is -2.56. The number of hydrogen-bond acceptors (Lipinski definition) is 3. The third-order valence-corrected chi connectivity index (χ3v) is 7.10. The van der Waals surface area contributed by atoms with Gasteiger partial charge in [0.2, 0.25) is 0 Å². The van der Waals surface area contributed by atoms with Crippen molar-refractivity contribution in [3.63, 3.8) is 0 Å².